The molecule has 2 nitrogen and oxygen atoms in total. The number of ketones is 1. The van der Waals surface area contributed by atoms with Gasteiger partial charge in [0.25, 0.3) is 0 Å². The van der Waals surface area contributed by atoms with Crippen LogP contribution in [-0.2, 0) is 0 Å². The number of benzene rings is 2. The van der Waals surface area contributed by atoms with E-state index >= 15 is 0 Å². The standard InChI is InChI=1S/C17H14FNOS/c1-11(21-16-9-5-3-7-14(16)18)17(20)13-10-19-15-8-4-2-6-12(13)15/h2-11,19H,1H3/t11-/m0/s1. The van der Waals surface area contributed by atoms with E-state index in [-0.39, 0.29) is 16.9 Å². The number of rotatable bonds is 4. The van der Waals surface area contributed by atoms with Gasteiger partial charge < -0.3 is 4.98 Å². The van der Waals surface area contributed by atoms with Crippen LogP contribution in [0, 0.1) is 5.82 Å². The summed E-state index contributed by atoms with van der Waals surface area (Å²) in [7, 11) is 0. The van der Waals surface area contributed by atoms with Crippen LogP contribution >= 0.6 is 11.8 Å². The van der Waals surface area contributed by atoms with Crippen LogP contribution in [-0.4, -0.2) is 16.0 Å². The summed E-state index contributed by atoms with van der Waals surface area (Å²) in [5.41, 5.74) is 1.59. The van der Waals surface area contributed by atoms with E-state index in [1.54, 1.807) is 31.3 Å². The molecule has 1 N–H and O–H groups in total. The molecule has 0 aliphatic heterocycles. The molecule has 0 amide bonds. The monoisotopic (exact) mass is 299 g/mol. The fourth-order valence-electron chi connectivity index (χ4n) is 2.28. The SMILES string of the molecule is C[C@H](Sc1ccccc1F)C(=O)c1c[nH]c2ccccc12. The Labute approximate surface area is 126 Å². The summed E-state index contributed by atoms with van der Waals surface area (Å²) in [5, 5.41) is 0.560. The average Bonchev–Trinajstić information content (AvgIpc) is 2.92. The maximum Gasteiger partial charge on any atom is 0.178 e. The molecule has 0 fully saturated rings. The lowest BCUT2D eigenvalue weighted by Crippen LogP contribution is -2.13. The summed E-state index contributed by atoms with van der Waals surface area (Å²) in [6.07, 6.45) is 1.73. The summed E-state index contributed by atoms with van der Waals surface area (Å²) < 4.78 is 13.7. The molecular weight excluding hydrogens is 285 g/mol. The number of nitrogens with one attached hydrogen (secondary N) is 1. The number of carbonyl (C=O) groups is 1. The van der Waals surface area contributed by atoms with Crippen LogP contribution in [0.4, 0.5) is 4.39 Å². The van der Waals surface area contributed by atoms with Crippen LogP contribution in [0.5, 0.6) is 0 Å². The van der Waals surface area contributed by atoms with Gasteiger partial charge in [0.05, 0.1) is 5.25 Å². The van der Waals surface area contributed by atoms with Crippen molar-refractivity contribution in [1.29, 1.82) is 0 Å². The molecule has 0 saturated carbocycles. The predicted octanol–water partition coefficient (Wildman–Crippen LogP) is 4.67. The van der Waals surface area contributed by atoms with Gasteiger partial charge in [-0.2, -0.15) is 0 Å². The lowest BCUT2D eigenvalue weighted by molar-refractivity contribution is 0.0995. The molecule has 0 bridgehead atoms. The Kier molecular flexibility index (Phi) is 3.80. The minimum atomic E-state index is -0.346. The lowest BCUT2D eigenvalue weighted by Gasteiger charge is -2.10. The first-order valence-electron chi connectivity index (χ1n) is 6.68. The fourth-order valence-corrected chi connectivity index (χ4v) is 3.23. The second kappa shape index (κ2) is 5.74. The Morgan fingerprint density at radius 2 is 1.86 bits per heavy atom. The van der Waals surface area contributed by atoms with E-state index in [2.05, 4.69) is 4.98 Å². The first kappa shape index (κ1) is 13.9. The highest BCUT2D eigenvalue weighted by Gasteiger charge is 2.20. The van der Waals surface area contributed by atoms with Crippen molar-refractivity contribution in [3.05, 3.63) is 66.1 Å². The Balaban J connectivity index is 1.86. The van der Waals surface area contributed by atoms with Gasteiger partial charge in [-0.1, -0.05) is 30.3 Å². The molecule has 0 unspecified atom stereocenters. The summed E-state index contributed by atoms with van der Waals surface area (Å²) in [6.45, 7) is 1.81. The summed E-state index contributed by atoms with van der Waals surface area (Å²) in [4.78, 5) is 16.2. The van der Waals surface area contributed by atoms with Crippen molar-refractivity contribution in [2.24, 2.45) is 0 Å². The second-order valence-corrected chi connectivity index (χ2v) is 6.19. The number of para-hydroxylation sites is 1. The number of H-pyrrole nitrogens is 1. The molecule has 106 valence electrons. The predicted molar refractivity (Wildman–Crippen MR) is 84.3 cm³/mol. The van der Waals surface area contributed by atoms with Crippen LogP contribution in [0.25, 0.3) is 10.9 Å². The van der Waals surface area contributed by atoms with E-state index in [4.69, 9.17) is 0 Å². The summed E-state index contributed by atoms with van der Waals surface area (Å²) in [5.74, 6) is -0.290. The number of fused-ring (bicyclic) bond motifs is 1. The zero-order chi connectivity index (χ0) is 14.8. The first-order valence-corrected chi connectivity index (χ1v) is 7.56. The van der Waals surface area contributed by atoms with Gasteiger partial charge in [0.15, 0.2) is 5.78 Å². The number of carbonyl (C=O) groups excluding carboxylic acids is 1. The van der Waals surface area contributed by atoms with Crippen molar-refractivity contribution < 1.29 is 9.18 Å². The Morgan fingerprint density at radius 1 is 1.14 bits per heavy atom. The van der Waals surface area contributed by atoms with Crippen LogP contribution in [0.2, 0.25) is 0 Å². The lowest BCUT2D eigenvalue weighted by atomic mass is 10.1. The number of hydrogen-bond acceptors (Lipinski definition) is 2. The Morgan fingerprint density at radius 3 is 2.67 bits per heavy atom. The van der Waals surface area contributed by atoms with Crippen molar-refractivity contribution in [2.45, 2.75) is 17.1 Å². The van der Waals surface area contributed by atoms with E-state index in [0.29, 0.717) is 10.5 Å². The normalized spacial score (nSPS) is 12.5. The molecule has 1 aromatic heterocycles. The number of halogens is 1. The molecule has 0 spiro atoms. The third kappa shape index (κ3) is 2.72. The second-order valence-electron chi connectivity index (χ2n) is 4.80. The first-order chi connectivity index (χ1) is 10.2. The largest absolute Gasteiger partial charge is 0.360 e. The maximum absolute atomic E-state index is 13.7. The quantitative estimate of drug-likeness (QED) is 0.561. The number of aromatic nitrogens is 1. The number of thioether (sulfide) groups is 1. The highest BCUT2D eigenvalue weighted by atomic mass is 32.2. The Hall–Kier alpha value is -2.07. The maximum atomic E-state index is 13.7. The Bertz CT molecular complexity index is 796. The smallest absolute Gasteiger partial charge is 0.178 e. The highest BCUT2D eigenvalue weighted by Crippen LogP contribution is 2.29. The highest BCUT2D eigenvalue weighted by molar-refractivity contribution is 8.00. The van der Waals surface area contributed by atoms with E-state index in [0.717, 1.165) is 10.9 Å². The molecule has 3 aromatic rings. The van der Waals surface area contributed by atoms with Crippen LogP contribution in [0.15, 0.2) is 59.6 Å². The van der Waals surface area contributed by atoms with E-state index < -0.39 is 0 Å². The van der Waals surface area contributed by atoms with E-state index in [9.17, 15) is 9.18 Å². The molecule has 1 heterocycles. The van der Waals surface area contributed by atoms with Gasteiger partial charge in [0.2, 0.25) is 0 Å². The fraction of sp³-hybridized carbons (Fsp3) is 0.118. The topological polar surface area (TPSA) is 32.9 Å². The number of hydrogen-bond donors (Lipinski definition) is 1. The van der Waals surface area contributed by atoms with Crippen molar-refractivity contribution in [3.63, 3.8) is 0 Å². The van der Waals surface area contributed by atoms with Crippen molar-refractivity contribution >= 4 is 28.4 Å². The molecule has 2 aromatic carbocycles. The molecule has 0 radical (unpaired) electrons. The van der Waals surface area contributed by atoms with Crippen LogP contribution in [0.3, 0.4) is 0 Å². The molecule has 0 saturated heterocycles. The molecular formula is C17H14FNOS. The van der Waals surface area contributed by atoms with Gasteiger partial charge in [-0.15, -0.1) is 11.8 Å². The van der Waals surface area contributed by atoms with E-state index in [1.807, 2.05) is 24.3 Å². The van der Waals surface area contributed by atoms with Gasteiger partial charge in [0, 0.05) is 27.6 Å². The zero-order valence-electron chi connectivity index (χ0n) is 11.5. The van der Waals surface area contributed by atoms with E-state index in [1.165, 1.54) is 17.8 Å². The summed E-state index contributed by atoms with van der Waals surface area (Å²) >= 11 is 1.25. The third-order valence-corrected chi connectivity index (χ3v) is 4.52. The van der Waals surface area contributed by atoms with Crippen molar-refractivity contribution in [3.8, 4) is 0 Å². The van der Waals surface area contributed by atoms with Gasteiger partial charge in [-0.3, -0.25) is 4.79 Å². The molecule has 0 aliphatic rings. The molecule has 21 heavy (non-hydrogen) atoms. The zero-order valence-corrected chi connectivity index (χ0v) is 12.3. The third-order valence-electron chi connectivity index (χ3n) is 3.36. The van der Waals surface area contributed by atoms with Gasteiger partial charge in [-0.05, 0) is 25.1 Å². The van der Waals surface area contributed by atoms with Crippen LogP contribution in [0.1, 0.15) is 17.3 Å². The number of Topliss-reactive ketones (excluding diaryl/α,β-unsaturated/α-hetero) is 1. The average molecular weight is 299 g/mol. The van der Waals surface area contributed by atoms with Gasteiger partial charge in [0.1, 0.15) is 5.82 Å². The summed E-state index contributed by atoms with van der Waals surface area (Å²) in [6, 6.07) is 14.2. The molecule has 1 atom stereocenters. The van der Waals surface area contributed by atoms with Gasteiger partial charge in [-0.25, -0.2) is 4.39 Å². The van der Waals surface area contributed by atoms with Crippen molar-refractivity contribution in [1.82, 2.24) is 4.98 Å². The molecule has 3 rings (SSSR count). The molecule has 0 aliphatic carbocycles. The number of aromatic amines is 1. The minimum Gasteiger partial charge on any atom is -0.360 e. The van der Waals surface area contributed by atoms with Crippen molar-refractivity contribution in [2.75, 3.05) is 0 Å². The minimum absolute atomic E-state index is 0.000651. The molecule has 4 heteroatoms. The van der Waals surface area contributed by atoms with Gasteiger partial charge >= 0.3 is 0 Å². The van der Waals surface area contributed by atoms with Crippen LogP contribution < -0.4 is 0 Å².